The van der Waals surface area contributed by atoms with E-state index >= 15 is 0 Å². The van der Waals surface area contributed by atoms with Gasteiger partial charge in [-0.1, -0.05) is 12.1 Å². The fraction of sp³-hybridized carbons (Fsp3) is 0.616. The molecule has 119 heavy (non-hydrogen) atoms. The normalized spacial score (nSPS) is 18.8. The van der Waals surface area contributed by atoms with Crippen LogP contribution in [0.2, 0.25) is 0 Å². The molecule has 2 heterocycles. The van der Waals surface area contributed by atoms with Crippen molar-refractivity contribution >= 4 is 95.6 Å². The zero-order valence-electron chi connectivity index (χ0n) is 67.5. The molecule has 0 unspecified atom stereocenters. The number of esters is 8. The fourth-order valence-electron chi connectivity index (χ4n) is 10.7. The van der Waals surface area contributed by atoms with Crippen LogP contribution in [0.15, 0.2) is 36.4 Å². The Hall–Kier alpha value is -11.4. The molecule has 0 aromatic heterocycles. The number of nitrogens with one attached hydrogen (secondary N) is 6. The Kier molecular flexibility index (Phi) is 44.6. The van der Waals surface area contributed by atoms with Crippen molar-refractivity contribution in [3.05, 3.63) is 58.7 Å². The van der Waals surface area contributed by atoms with Gasteiger partial charge in [-0.25, -0.2) is 24.0 Å². The molecule has 2 aromatic carbocycles. The maximum absolute atomic E-state index is 13.9. The summed E-state index contributed by atoms with van der Waals surface area (Å²) >= 11 is 0. The molecule has 8 amide bonds. The highest BCUT2D eigenvalue weighted by atomic mass is 16.8. The predicted octanol–water partition coefficient (Wildman–Crippen LogP) is -1.38. The number of unbranched alkanes of at least 4 members (excludes halogenated alkanes) is 1. The summed E-state index contributed by atoms with van der Waals surface area (Å²) in [7, 11) is 1.99. The van der Waals surface area contributed by atoms with Crippen LogP contribution in [0.4, 0.5) is 14.4 Å². The van der Waals surface area contributed by atoms with Crippen LogP contribution in [0.3, 0.4) is 0 Å². The lowest BCUT2D eigenvalue weighted by Gasteiger charge is -2.43. The molecular weight excluding hydrogens is 1600 g/mol. The summed E-state index contributed by atoms with van der Waals surface area (Å²) in [6, 6.07) is 6.67. The molecule has 2 saturated heterocycles. The van der Waals surface area contributed by atoms with Crippen LogP contribution >= 0.6 is 0 Å². The van der Waals surface area contributed by atoms with Crippen LogP contribution in [0, 0.1) is 0 Å². The van der Waals surface area contributed by atoms with Gasteiger partial charge in [0, 0.05) is 67.7 Å². The number of carbonyl (C=O) groups excluding carboxylic acids is 16. The van der Waals surface area contributed by atoms with Crippen LogP contribution in [0.1, 0.15) is 113 Å². The lowest BCUT2D eigenvalue weighted by atomic mass is 9.97. The third-order valence-corrected chi connectivity index (χ3v) is 15.5. The number of hydroxylamine groups is 1. The zero-order chi connectivity index (χ0) is 88.2. The first-order chi connectivity index (χ1) is 56.5. The first-order valence-electron chi connectivity index (χ1n) is 36.9. The monoisotopic (exact) mass is 1700 g/mol. The first-order valence-corrected chi connectivity index (χ1v) is 36.9. The standard InChI is InChI=1S/C73H104N8O38/c1-40(82)109-55-57(111-42(3)84)61(113-44(5)86)68(117-59(55)66(93)98-10)115-51-17-15-46(36-106-70(74)95)34-48(51)63(90)77-20-23-101-28-30-104-38-53(88)76-19-13-12-14-50(65(92)79-22-25-100-26-27-103-32-33-108-81-72(97)119-73(7,8)9)80-54(89)39-105-31-29-102-24-21-78-64(91)49-35-47(37-107-71(75)96)16-18-52(49)116-69-62(114-45(6)87)58(112-43(4)85)56(110-41(2)83)60(118-69)67(94)99-11/h15-18,34-35,50,55-62,68-69H,12-14,19-33,36-39H2,1-11H3,(H2,74,95)(H2,75,96)(H,76,88)(H,77,90)(H,78,91)(H,79,92)(H,80,89)(H,81,97)/t50-,55-,56-,57-,58-,59-,60-,61+,62+,68+,69+/m0/s1. The van der Waals surface area contributed by atoms with Crippen molar-refractivity contribution in [2.24, 2.45) is 11.5 Å². The molecule has 2 aromatic rings. The summed E-state index contributed by atoms with van der Waals surface area (Å²) in [5, 5.41) is 13.3. The summed E-state index contributed by atoms with van der Waals surface area (Å²) < 4.78 is 114. The van der Waals surface area contributed by atoms with Gasteiger partial charge in [0.2, 0.25) is 42.5 Å². The van der Waals surface area contributed by atoms with Gasteiger partial charge in [-0.15, -0.1) is 0 Å². The number of nitrogens with two attached hydrogens (primary N) is 2. The maximum Gasteiger partial charge on any atom is 0.431 e. The molecule has 10 N–H and O–H groups in total. The van der Waals surface area contributed by atoms with Gasteiger partial charge in [-0.3, -0.25) is 57.6 Å². The molecule has 2 aliphatic heterocycles. The van der Waals surface area contributed by atoms with Gasteiger partial charge in [0.15, 0.2) is 36.6 Å². The average Bonchev–Trinajstić information content (AvgIpc) is 0.776. The largest absolute Gasteiger partial charge is 0.467 e. The van der Waals surface area contributed by atoms with Crippen LogP contribution in [-0.2, 0) is 161 Å². The van der Waals surface area contributed by atoms with Crippen LogP contribution < -0.4 is 53.0 Å². The SMILES string of the molecule is COC(=O)[C@H]1O[C@@H](Oc2ccc(COC(N)=O)cc2C(=O)NCCOCCOCC(=O)NCCCC[C@H](NC(=O)COCCOCCNC(=O)c2cc(COC(N)=O)ccc2O[C@@H]2O[C@H](C(=O)OC)[C@@H](OC(C)=O)[C@H](OC(C)=O)[C@H]2OC(C)=O)C(=O)NCCOCCOCCONC(=O)OC(C)(C)C)[C@H](OC(C)=O)[C@@H](OC(C)=O)[C@@H]1OC(C)=O. The lowest BCUT2D eigenvalue weighted by Crippen LogP contribution is -2.64. The van der Waals surface area contributed by atoms with E-state index in [1.807, 2.05) is 0 Å². The minimum Gasteiger partial charge on any atom is -0.467 e. The van der Waals surface area contributed by atoms with Crippen molar-refractivity contribution in [3.8, 4) is 11.5 Å². The van der Waals surface area contributed by atoms with Gasteiger partial charge in [-0.05, 0) is 75.4 Å². The summed E-state index contributed by atoms with van der Waals surface area (Å²) in [5.41, 5.74) is 11.7. The van der Waals surface area contributed by atoms with Crippen molar-refractivity contribution in [3.63, 3.8) is 0 Å². The molecule has 0 radical (unpaired) electrons. The molecule has 2 aliphatic rings. The second kappa shape index (κ2) is 53.1. The molecular formula is C73H104N8O38. The van der Waals surface area contributed by atoms with E-state index in [0.717, 1.165) is 55.8 Å². The fourth-order valence-corrected chi connectivity index (χ4v) is 10.7. The first kappa shape index (κ1) is 100.0. The highest BCUT2D eigenvalue weighted by molar-refractivity contribution is 5.98. The summed E-state index contributed by atoms with van der Waals surface area (Å²) in [5.74, 6) is -11.8. The topological polar surface area (TPSA) is 600 Å². The minimum absolute atomic E-state index is 0.0149. The van der Waals surface area contributed by atoms with E-state index in [-0.39, 0.29) is 146 Å². The number of benzene rings is 2. The van der Waals surface area contributed by atoms with Crippen LogP contribution in [0.25, 0.3) is 0 Å². The van der Waals surface area contributed by atoms with Crippen molar-refractivity contribution < 1.29 is 181 Å². The summed E-state index contributed by atoms with van der Waals surface area (Å²) in [6.07, 6.45) is -20.0. The maximum atomic E-state index is 13.9. The van der Waals surface area contributed by atoms with Gasteiger partial charge >= 0.3 is 66.0 Å². The van der Waals surface area contributed by atoms with E-state index in [1.165, 1.54) is 36.4 Å². The van der Waals surface area contributed by atoms with E-state index < -0.39 is 188 Å². The predicted molar refractivity (Wildman–Crippen MR) is 394 cm³/mol. The molecule has 0 spiro atoms. The molecule has 4 rings (SSSR count). The van der Waals surface area contributed by atoms with E-state index in [1.54, 1.807) is 20.8 Å². The molecule has 46 heteroatoms. The number of amides is 8. The zero-order valence-corrected chi connectivity index (χ0v) is 67.5. The summed E-state index contributed by atoms with van der Waals surface area (Å²) in [4.78, 5) is 207. The third kappa shape index (κ3) is 38.7. The van der Waals surface area contributed by atoms with Gasteiger partial charge < -0.3 is 138 Å². The van der Waals surface area contributed by atoms with Gasteiger partial charge in [0.05, 0.1) is 98.0 Å². The van der Waals surface area contributed by atoms with Gasteiger partial charge in [0.1, 0.15) is 49.6 Å². The number of hydrogen-bond acceptors (Lipinski definition) is 38. The van der Waals surface area contributed by atoms with Crippen molar-refractivity contribution in [2.75, 3.05) is 126 Å². The highest BCUT2D eigenvalue weighted by Gasteiger charge is 2.58. The molecule has 11 atom stereocenters. The van der Waals surface area contributed by atoms with Crippen molar-refractivity contribution in [1.82, 2.24) is 32.1 Å². The van der Waals surface area contributed by atoms with E-state index in [4.69, 9.17) is 116 Å². The Morgan fingerprint density at radius 1 is 0.437 bits per heavy atom. The van der Waals surface area contributed by atoms with Crippen molar-refractivity contribution in [1.29, 1.82) is 0 Å². The second-order valence-corrected chi connectivity index (χ2v) is 26.2. The molecule has 2 fully saturated rings. The van der Waals surface area contributed by atoms with E-state index in [9.17, 15) is 76.7 Å². The van der Waals surface area contributed by atoms with E-state index in [0.29, 0.717) is 12.8 Å². The highest BCUT2D eigenvalue weighted by Crippen LogP contribution is 2.35. The number of hydrogen-bond donors (Lipinski definition) is 8. The molecule has 0 saturated carbocycles. The Balaban J connectivity index is 1.29. The Morgan fingerprint density at radius 2 is 0.815 bits per heavy atom. The Labute approximate surface area is 682 Å². The minimum atomic E-state index is -1.86. The molecule has 0 aliphatic carbocycles. The van der Waals surface area contributed by atoms with Crippen LogP contribution in [-0.4, -0.2) is 295 Å². The number of carbonyl (C=O) groups is 16. The van der Waals surface area contributed by atoms with Gasteiger partial charge in [0.25, 0.3) is 11.8 Å². The molecule has 46 nitrogen and oxygen atoms in total. The summed E-state index contributed by atoms with van der Waals surface area (Å²) in [6.45, 7) is 9.08. The molecule has 0 bridgehead atoms. The lowest BCUT2D eigenvalue weighted by molar-refractivity contribution is -0.282. The van der Waals surface area contributed by atoms with Crippen LogP contribution in [0.5, 0.6) is 11.5 Å². The average molecular weight is 1700 g/mol. The van der Waals surface area contributed by atoms with Gasteiger partial charge in [-0.2, -0.15) is 5.48 Å². The number of primary amides is 2. The quantitative estimate of drug-likeness (QED) is 0.0164. The van der Waals surface area contributed by atoms with Crippen molar-refractivity contribution in [2.45, 2.75) is 168 Å². The number of rotatable bonds is 51. The second-order valence-electron chi connectivity index (χ2n) is 26.2. The smallest absolute Gasteiger partial charge is 0.431 e. The third-order valence-electron chi connectivity index (χ3n) is 15.5. The van der Waals surface area contributed by atoms with E-state index in [2.05, 4.69) is 32.1 Å². The Bertz CT molecular complexity index is 3730. The molecule has 664 valence electrons. The number of ether oxygens (including phenoxy) is 21. The Morgan fingerprint density at radius 3 is 1.22 bits per heavy atom. The number of methoxy groups -OCH3 is 2.